The quantitative estimate of drug-likeness (QED) is 0.891. The SMILES string of the molecule is COc1ccc(N2CCN(C(CN)C(C)C)CC2)cc1. The van der Waals surface area contributed by atoms with Crippen LogP contribution in [0.2, 0.25) is 0 Å². The summed E-state index contributed by atoms with van der Waals surface area (Å²) in [5.74, 6) is 1.53. The van der Waals surface area contributed by atoms with E-state index in [1.54, 1.807) is 7.11 Å². The molecule has 0 bridgehead atoms. The fourth-order valence-electron chi connectivity index (χ4n) is 2.95. The summed E-state index contributed by atoms with van der Waals surface area (Å²) in [6.07, 6.45) is 0. The molecule has 0 saturated carbocycles. The number of rotatable bonds is 5. The Morgan fingerprint density at radius 2 is 1.70 bits per heavy atom. The van der Waals surface area contributed by atoms with E-state index in [9.17, 15) is 0 Å². The molecule has 1 aromatic rings. The molecule has 2 N–H and O–H groups in total. The second-order valence-corrected chi connectivity index (χ2v) is 5.77. The van der Waals surface area contributed by atoms with Crippen LogP contribution in [0.5, 0.6) is 5.75 Å². The molecule has 20 heavy (non-hydrogen) atoms. The standard InChI is InChI=1S/C16H27N3O/c1-13(2)16(12-17)19-10-8-18(9-11-19)14-4-6-15(20-3)7-5-14/h4-7,13,16H,8-12,17H2,1-3H3. The molecule has 4 nitrogen and oxygen atoms in total. The average Bonchev–Trinajstić information content (AvgIpc) is 2.48. The van der Waals surface area contributed by atoms with Crippen LogP contribution in [-0.4, -0.2) is 50.8 Å². The van der Waals surface area contributed by atoms with Crippen molar-refractivity contribution in [1.29, 1.82) is 0 Å². The number of anilines is 1. The third kappa shape index (κ3) is 3.44. The fraction of sp³-hybridized carbons (Fsp3) is 0.625. The molecule has 1 aliphatic heterocycles. The molecule has 1 aromatic carbocycles. The summed E-state index contributed by atoms with van der Waals surface area (Å²) in [5.41, 5.74) is 7.19. The van der Waals surface area contributed by atoms with E-state index in [1.807, 2.05) is 12.1 Å². The molecule has 0 spiro atoms. The zero-order chi connectivity index (χ0) is 14.5. The number of hydrogen-bond donors (Lipinski definition) is 1. The predicted octanol–water partition coefficient (Wildman–Crippen LogP) is 1.80. The molecule has 1 fully saturated rings. The molecule has 1 saturated heterocycles. The highest BCUT2D eigenvalue weighted by Gasteiger charge is 2.24. The third-order valence-electron chi connectivity index (χ3n) is 4.23. The Balaban J connectivity index is 1.93. The number of methoxy groups -OCH3 is 1. The molecule has 1 aliphatic rings. The molecule has 1 heterocycles. The Bertz CT molecular complexity index is 397. The van der Waals surface area contributed by atoms with E-state index >= 15 is 0 Å². The van der Waals surface area contributed by atoms with Gasteiger partial charge in [-0.15, -0.1) is 0 Å². The van der Waals surface area contributed by atoms with Crippen molar-refractivity contribution in [2.75, 3.05) is 44.7 Å². The summed E-state index contributed by atoms with van der Waals surface area (Å²) < 4.78 is 5.21. The summed E-state index contributed by atoms with van der Waals surface area (Å²) in [4.78, 5) is 4.97. The van der Waals surface area contributed by atoms with Crippen molar-refractivity contribution < 1.29 is 4.74 Å². The highest BCUT2D eigenvalue weighted by Crippen LogP contribution is 2.21. The highest BCUT2D eigenvalue weighted by molar-refractivity contribution is 5.49. The lowest BCUT2D eigenvalue weighted by Crippen LogP contribution is -2.54. The number of nitrogens with two attached hydrogens (primary N) is 1. The summed E-state index contributed by atoms with van der Waals surface area (Å²) in [6, 6.07) is 8.83. The van der Waals surface area contributed by atoms with Gasteiger partial charge in [-0.3, -0.25) is 4.90 Å². The van der Waals surface area contributed by atoms with Gasteiger partial charge >= 0.3 is 0 Å². The molecular weight excluding hydrogens is 250 g/mol. The Labute approximate surface area is 122 Å². The van der Waals surface area contributed by atoms with Gasteiger partial charge in [-0.1, -0.05) is 13.8 Å². The van der Waals surface area contributed by atoms with Crippen LogP contribution in [-0.2, 0) is 0 Å². The van der Waals surface area contributed by atoms with Crippen LogP contribution in [0, 0.1) is 5.92 Å². The lowest BCUT2D eigenvalue weighted by atomic mass is 10.0. The van der Waals surface area contributed by atoms with E-state index in [4.69, 9.17) is 10.5 Å². The molecule has 0 amide bonds. The molecule has 4 heteroatoms. The van der Waals surface area contributed by atoms with Crippen LogP contribution in [0.15, 0.2) is 24.3 Å². The summed E-state index contributed by atoms with van der Waals surface area (Å²) in [6.45, 7) is 9.57. The average molecular weight is 277 g/mol. The van der Waals surface area contributed by atoms with E-state index in [2.05, 4.69) is 35.8 Å². The maximum Gasteiger partial charge on any atom is 0.119 e. The largest absolute Gasteiger partial charge is 0.497 e. The van der Waals surface area contributed by atoms with Crippen LogP contribution >= 0.6 is 0 Å². The predicted molar refractivity (Wildman–Crippen MR) is 84.5 cm³/mol. The van der Waals surface area contributed by atoms with Crippen molar-refractivity contribution in [3.63, 3.8) is 0 Å². The van der Waals surface area contributed by atoms with E-state index in [0.29, 0.717) is 12.0 Å². The lowest BCUT2D eigenvalue weighted by Gasteiger charge is -2.41. The minimum atomic E-state index is 0.507. The maximum absolute atomic E-state index is 5.91. The van der Waals surface area contributed by atoms with Crippen molar-refractivity contribution in [2.45, 2.75) is 19.9 Å². The van der Waals surface area contributed by atoms with Gasteiger partial charge in [0.25, 0.3) is 0 Å². The van der Waals surface area contributed by atoms with Gasteiger partial charge in [0, 0.05) is 44.5 Å². The highest BCUT2D eigenvalue weighted by atomic mass is 16.5. The second-order valence-electron chi connectivity index (χ2n) is 5.77. The van der Waals surface area contributed by atoms with Crippen molar-refractivity contribution in [3.8, 4) is 5.75 Å². The van der Waals surface area contributed by atoms with Gasteiger partial charge in [-0.25, -0.2) is 0 Å². The Morgan fingerprint density at radius 3 is 2.15 bits per heavy atom. The Kier molecular flexibility index (Phi) is 5.26. The van der Waals surface area contributed by atoms with Crippen molar-refractivity contribution in [1.82, 2.24) is 4.90 Å². The van der Waals surface area contributed by atoms with E-state index < -0.39 is 0 Å². The molecule has 0 aliphatic carbocycles. The van der Waals surface area contributed by atoms with Crippen molar-refractivity contribution in [3.05, 3.63) is 24.3 Å². The maximum atomic E-state index is 5.91. The lowest BCUT2D eigenvalue weighted by molar-refractivity contribution is 0.151. The van der Waals surface area contributed by atoms with Gasteiger partial charge in [-0.2, -0.15) is 0 Å². The van der Waals surface area contributed by atoms with Crippen LogP contribution in [0.25, 0.3) is 0 Å². The summed E-state index contributed by atoms with van der Waals surface area (Å²) in [7, 11) is 1.70. The first-order valence-electron chi connectivity index (χ1n) is 7.48. The zero-order valence-electron chi connectivity index (χ0n) is 12.9. The number of piperazine rings is 1. The first-order chi connectivity index (χ1) is 9.65. The van der Waals surface area contributed by atoms with Gasteiger partial charge in [0.05, 0.1) is 7.11 Å². The molecule has 0 aromatic heterocycles. The van der Waals surface area contributed by atoms with Gasteiger partial charge in [0.15, 0.2) is 0 Å². The van der Waals surface area contributed by atoms with E-state index in [1.165, 1.54) is 5.69 Å². The van der Waals surface area contributed by atoms with E-state index in [0.717, 1.165) is 38.5 Å². The molecule has 0 radical (unpaired) electrons. The van der Waals surface area contributed by atoms with Gasteiger partial charge in [0.2, 0.25) is 0 Å². The van der Waals surface area contributed by atoms with Crippen molar-refractivity contribution in [2.24, 2.45) is 11.7 Å². The number of benzene rings is 1. The summed E-state index contributed by atoms with van der Waals surface area (Å²) >= 11 is 0. The number of nitrogens with zero attached hydrogens (tertiary/aromatic N) is 2. The normalized spacial score (nSPS) is 18.4. The summed E-state index contributed by atoms with van der Waals surface area (Å²) in [5, 5.41) is 0. The van der Waals surface area contributed by atoms with Crippen LogP contribution < -0.4 is 15.4 Å². The molecule has 1 unspecified atom stereocenters. The minimum absolute atomic E-state index is 0.507. The minimum Gasteiger partial charge on any atom is -0.497 e. The first-order valence-corrected chi connectivity index (χ1v) is 7.48. The van der Waals surface area contributed by atoms with Crippen molar-refractivity contribution >= 4 is 5.69 Å². The zero-order valence-corrected chi connectivity index (χ0v) is 12.9. The molecule has 1 atom stereocenters. The van der Waals surface area contributed by atoms with Gasteiger partial charge < -0.3 is 15.4 Å². The third-order valence-corrected chi connectivity index (χ3v) is 4.23. The number of ether oxygens (including phenoxy) is 1. The van der Waals surface area contributed by atoms with Crippen LogP contribution in [0.4, 0.5) is 5.69 Å². The fourth-order valence-corrected chi connectivity index (χ4v) is 2.95. The van der Waals surface area contributed by atoms with Gasteiger partial charge in [0.1, 0.15) is 5.75 Å². The molecule has 112 valence electrons. The van der Waals surface area contributed by atoms with Gasteiger partial charge in [-0.05, 0) is 30.2 Å². The number of hydrogen-bond acceptors (Lipinski definition) is 4. The van der Waals surface area contributed by atoms with Crippen LogP contribution in [0.1, 0.15) is 13.8 Å². The van der Waals surface area contributed by atoms with Crippen LogP contribution in [0.3, 0.4) is 0 Å². The second kappa shape index (κ2) is 6.95. The monoisotopic (exact) mass is 277 g/mol. The first kappa shape index (κ1) is 15.1. The van der Waals surface area contributed by atoms with E-state index in [-0.39, 0.29) is 0 Å². The molecular formula is C16H27N3O. The smallest absolute Gasteiger partial charge is 0.119 e. The molecule has 2 rings (SSSR count). The topological polar surface area (TPSA) is 41.7 Å². The Morgan fingerprint density at radius 1 is 1.10 bits per heavy atom. The Hall–Kier alpha value is -1.26.